The van der Waals surface area contributed by atoms with Crippen LogP contribution in [0.15, 0.2) is 34.2 Å². The van der Waals surface area contributed by atoms with E-state index in [1.165, 1.54) is 36.0 Å². The molecule has 9 nitrogen and oxygen atoms in total. The largest absolute Gasteiger partial charge is 0.325 e. The SMILES string of the molecule is Cc1nnc(NS(=O)(=O)c2ccc(NC(=O)C(C)Sc3nc(C)c(C)c(C)c3C#N)cc2)s1. The van der Waals surface area contributed by atoms with Crippen molar-refractivity contribution in [2.75, 3.05) is 10.0 Å². The van der Waals surface area contributed by atoms with Gasteiger partial charge in [0.1, 0.15) is 16.1 Å². The third-order valence-corrected chi connectivity index (χ3v) is 8.24. The highest BCUT2D eigenvalue weighted by atomic mass is 32.2. The molecular formula is C21H22N6O3S3. The molecule has 0 bridgehead atoms. The molecule has 0 aliphatic carbocycles. The number of nitriles is 1. The van der Waals surface area contributed by atoms with Gasteiger partial charge in [0, 0.05) is 11.4 Å². The van der Waals surface area contributed by atoms with Gasteiger partial charge in [0.25, 0.3) is 10.0 Å². The van der Waals surface area contributed by atoms with Crippen LogP contribution < -0.4 is 10.0 Å². The number of anilines is 2. The Balaban J connectivity index is 1.69. The molecule has 0 fully saturated rings. The van der Waals surface area contributed by atoms with Crippen molar-refractivity contribution in [3.63, 3.8) is 0 Å². The monoisotopic (exact) mass is 502 g/mol. The number of thioether (sulfide) groups is 1. The quantitative estimate of drug-likeness (QED) is 0.463. The average Bonchev–Trinajstić information content (AvgIpc) is 3.16. The van der Waals surface area contributed by atoms with Crippen LogP contribution in [0.25, 0.3) is 0 Å². The summed E-state index contributed by atoms with van der Waals surface area (Å²) in [5.74, 6) is -0.292. The Kier molecular flexibility index (Phi) is 7.36. The maximum atomic E-state index is 12.7. The fourth-order valence-corrected chi connectivity index (χ4v) is 5.65. The Morgan fingerprint density at radius 3 is 2.36 bits per heavy atom. The Morgan fingerprint density at radius 2 is 1.79 bits per heavy atom. The van der Waals surface area contributed by atoms with E-state index < -0.39 is 15.3 Å². The van der Waals surface area contributed by atoms with Gasteiger partial charge in [-0.05, 0) is 70.0 Å². The van der Waals surface area contributed by atoms with Crippen LogP contribution in [0.4, 0.5) is 10.8 Å². The summed E-state index contributed by atoms with van der Waals surface area (Å²) in [5.41, 5.74) is 3.54. The third-order valence-electron chi connectivity index (χ3n) is 4.91. The van der Waals surface area contributed by atoms with Crippen molar-refractivity contribution in [3.05, 3.63) is 51.7 Å². The van der Waals surface area contributed by atoms with E-state index in [9.17, 15) is 18.5 Å². The fourth-order valence-electron chi connectivity index (χ4n) is 2.82. The minimum absolute atomic E-state index is 0.0317. The van der Waals surface area contributed by atoms with Crippen molar-refractivity contribution in [2.45, 2.75) is 49.8 Å². The lowest BCUT2D eigenvalue weighted by Crippen LogP contribution is -2.23. The van der Waals surface area contributed by atoms with Gasteiger partial charge >= 0.3 is 0 Å². The molecule has 2 heterocycles. The van der Waals surface area contributed by atoms with Gasteiger partial charge in [-0.15, -0.1) is 10.2 Å². The number of rotatable bonds is 7. The van der Waals surface area contributed by atoms with E-state index in [-0.39, 0.29) is 15.9 Å². The van der Waals surface area contributed by atoms with E-state index in [0.717, 1.165) is 28.2 Å². The summed E-state index contributed by atoms with van der Waals surface area (Å²) >= 11 is 2.34. The number of nitrogens with one attached hydrogen (secondary N) is 2. The maximum absolute atomic E-state index is 12.7. The molecule has 12 heteroatoms. The van der Waals surface area contributed by atoms with Gasteiger partial charge in [-0.25, -0.2) is 13.4 Å². The van der Waals surface area contributed by atoms with Crippen LogP contribution in [0.5, 0.6) is 0 Å². The predicted molar refractivity (Wildman–Crippen MR) is 129 cm³/mol. The molecule has 0 spiro atoms. The predicted octanol–water partition coefficient (Wildman–Crippen LogP) is 3.96. The zero-order chi connectivity index (χ0) is 24.3. The molecule has 3 rings (SSSR count). The summed E-state index contributed by atoms with van der Waals surface area (Å²) < 4.78 is 27.4. The molecule has 0 saturated carbocycles. The summed E-state index contributed by atoms with van der Waals surface area (Å²) in [7, 11) is -3.82. The molecule has 0 aliphatic heterocycles. The van der Waals surface area contributed by atoms with E-state index >= 15 is 0 Å². The fraction of sp³-hybridized carbons (Fsp3) is 0.286. The molecule has 0 saturated heterocycles. The van der Waals surface area contributed by atoms with Gasteiger partial charge in [-0.2, -0.15) is 5.26 Å². The molecule has 33 heavy (non-hydrogen) atoms. The van der Waals surface area contributed by atoms with Crippen molar-refractivity contribution in [1.29, 1.82) is 5.26 Å². The standard InChI is InChI=1S/C21H22N6O3S3/c1-11-12(2)18(10-22)20(23-13(11)3)31-14(4)19(28)24-16-6-8-17(9-7-16)33(29,30)27-21-26-25-15(5)32-21/h6-9,14H,1-5H3,(H,24,28)(H,26,27). The number of nitrogens with zero attached hydrogens (tertiary/aromatic N) is 4. The van der Waals surface area contributed by atoms with Crippen LogP contribution in [0.1, 0.15) is 34.3 Å². The van der Waals surface area contributed by atoms with Crippen molar-refractivity contribution < 1.29 is 13.2 Å². The highest BCUT2D eigenvalue weighted by Gasteiger charge is 2.21. The van der Waals surface area contributed by atoms with Crippen LogP contribution in [-0.4, -0.2) is 34.8 Å². The number of aryl methyl sites for hydroxylation is 2. The highest BCUT2D eigenvalue weighted by Crippen LogP contribution is 2.30. The third kappa shape index (κ3) is 5.68. The summed E-state index contributed by atoms with van der Waals surface area (Å²) in [6.07, 6.45) is 0. The van der Waals surface area contributed by atoms with Crippen LogP contribution in [0.3, 0.4) is 0 Å². The number of carbonyl (C=O) groups excluding carboxylic acids is 1. The first-order valence-corrected chi connectivity index (χ1v) is 13.0. The lowest BCUT2D eigenvalue weighted by Gasteiger charge is -2.15. The zero-order valence-electron chi connectivity index (χ0n) is 18.6. The van der Waals surface area contributed by atoms with Gasteiger partial charge in [0.15, 0.2) is 0 Å². The van der Waals surface area contributed by atoms with Gasteiger partial charge in [-0.1, -0.05) is 23.1 Å². The highest BCUT2D eigenvalue weighted by molar-refractivity contribution is 8.00. The van der Waals surface area contributed by atoms with Crippen molar-refractivity contribution in [3.8, 4) is 6.07 Å². The first-order valence-electron chi connectivity index (χ1n) is 9.80. The van der Waals surface area contributed by atoms with E-state index in [0.29, 0.717) is 21.3 Å². The topological polar surface area (TPSA) is 138 Å². The Labute approximate surface area is 200 Å². The smallest absolute Gasteiger partial charge is 0.263 e. The first kappa shape index (κ1) is 24.6. The van der Waals surface area contributed by atoms with Gasteiger partial charge in [0.2, 0.25) is 11.0 Å². The summed E-state index contributed by atoms with van der Waals surface area (Å²) in [4.78, 5) is 17.2. The van der Waals surface area contributed by atoms with Gasteiger partial charge in [-0.3, -0.25) is 9.52 Å². The number of pyridine rings is 1. The number of benzene rings is 1. The zero-order valence-corrected chi connectivity index (χ0v) is 21.1. The van der Waals surface area contributed by atoms with E-state index in [4.69, 9.17) is 0 Å². The number of carbonyl (C=O) groups is 1. The minimum Gasteiger partial charge on any atom is -0.325 e. The number of aromatic nitrogens is 3. The van der Waals surface area contributed by atoms with Crippen molar-refractivity contribution in [2.24, 2.45) is 0 Å². The van der Waals surface area contributed by atoms with E-state index in [1.807, 2.05) is 20.8 Å². The van der Waals surface area contributed by atoms with Crippen LogP contribution >= 0.6 is 23.1 Å². The molecule has 172 valence electrons. The lowest BCUT2D eigenvalue weighted by atomic mass is 10.1. The van der Waals surface area contributed by atoms with Crippen LogP contribution in [0.2, 0.25) is 0 Å². The Morgan fingerprint density at radius 1 is 1.12 bits per heavy atom. The normalized spacial score (nSPS) is 12.1. The Bertz CT molecular complexity index is 1340. The molecule has 0 radical (unpaired) electrons. The van der Waals surface area contributed by atoms with Gasteiger partial charge < -0.3 is 5.32 Å². The molecule has 0 aliphatic rings. The van der Waals surface area contributed by atoms with Crippen LogP contribution in [-0.2, 0) is 14.8 Å². The van der Waals surface area contributed by atoms with Crippen LogP contribution in [0, 0.1) is 39.0 Å². The Hall–Kier alpha value is -3.01. The molecular weight excluding hydrogens is 480 g/mol. The summed E-state index contributed by atoms with van der Waals surface area (Å²) in [6, 6.07) is 7.98. The average molecular weight is 503 g/mol. The molecule has 1 aromatic carbocycles. The molecule has 1 atom stereocenters. The molecule has 2 N–H and O–H groups in total. The molecule has 1 unspecified atom stereocenters. The first-order chi connectivity index (χ1) is 15.5. The molecule has 2 aromatic heterocycles. The number of hydrogen-bond donors (Lipinski definition) is 2. The molecule has 1 amide bonds. The van der Waals surface area contributed by atoms with Crippen molar-refractivity contribution >= 4 is 49.8 Å². The van der Waals surface area contributed by atoms with E-state index in [2.05, 4.69) is 31.3 Å². The second kappa shape index (κ2) is 9.86. The number of hydrogen-bond acceptors (Lipinski definition) is 9. The summed E-state index contributed by atoms with van der Waals surface area (Å²) in [5, 5.41) is 20.6. The van der Waals surface area contributed by atoms with E-state index in [1.54, 1.807) is 13.8 Å². The number of amides is 1. The van der Waals surface area contributed by atoms with Crippen molar-refractivity contribution in [1.82, 2.24) is 15.2 Å². The van der Waals surface area contributed by atoms with Gasteiger partial charge in [0.05, 0.1) is 15.7 Å². The maximum Gasteiger partial charge on any atom is 0.263 e. The second-order valence-corrected chi connectivity index (χ2v) is 11.4. The lowest BCUT2D eigenvalue weighted by molar-refractivity contribution is -0.115. The summed E-state index contributed by atoms with van der Waals surface area (Å²) in [6.45, 7) is 9.10. The molecule has 3 aromatic rings. The second-order valence-electron chi connectivity index (χ2n) is 7.24. The minimum atomic E-state index is -3.82. The number of sulfonamides is 1.